The maximum Gasteiger partial charge on any atom is 0.423 e. The maximum atomic E-state index is 13.9. The van der Waals surface area contributed by atoms with Gasteiger partial charge in [0.25, 0.3) is 0 Å². The van der Waals surface area contributed by atoms with Crippen molar-refractivity contribution in [3.8, 4) is 6.07 Å². The fourth-order valence-electron chi connectivity index (χ4n) is 2.97. The Balaban J connectivity index is 2.43. The van der Waals surface area contributed by atoms with Gasteiger partial charge in [-0.2, -0.15) is 31.6 Å². The summed E-state index contributed by atoms with van der Waals surface area (Å²) < 4.78 is 80.2. The van der Waals surface area contributed by atoms with Crippen LogP contribution in [0.15, 0.2) is 81.9 Å². The van der Waals surface area contributed by atoms with Crippen molar-refractivity contribution in [2.75, 3.05) is 0 Å². The molecule has 8 heteroatoms. The van der Waals surface area contributed by atoms with Gasteiger partial charge in [0.05, 0.1) is 11.1 Å². The number of nitriles is 1. The third kappa shape index (κ3) is 4.15. The number of halogens is 7. The van der Waals surface area contributed by atoms with Crippen molar-refractivity contribution in [1.82, 2.24) is 0 Å². The molecule has 0 unspecified atom stereocenters. The number of allylic oxidation sites excluding steroid dienone is 6. The van der Waals surface area contributed by atoms with Gasteiger partial charge in [0.2, 0.25) is 0 Å². The molecule has 0 heterocycles. The Labute approximate surface area is 170 Å². The second kappa shape index (κ2) is 7.56. The third-order valence-corrected chi connectivity index (χ3v) is 5.02. The van der Waals surface area contributed by atoms with Crippen LogP contribution < -0.4 is 0 Å². The molecule has 148 valence electrons. The summed E-state index contributed by atoms with van der Waals surface area (Å²) in [5, 5.41) is 9.53. The van der Waals surface area contributed by atoms with Gasteiger partial charge in [-0.25, -0.2) is 0 Å². The molecule has 0 amide bonds. The summed E-state index contributed by atoms with van der Waals surface area (Å²) in [4.78, 5) is 0. The predicted molar refractivity (Wildman–Crippen MR) is 100 cm³/mol. The first-order chi connectivity index (χ1) is 13.6. The fourth-order valence-corrected chi connectivity index (χ4v) is 3.37. The summed E-state index contributed by atoms with van der Waals surface area (Å²) in [7, 11) is 0. The van der Waals surface area contributed by atoms with Gasteiger partial charge >= 0.3 is 12.4 Å². The lowest BCUT2D eigenvalue weighted by Gasteiger charge is -2.11. The molecule has 29 heavy (non-hydrogen) atoms. The van der Waals surface area contributed by atoms with Gasteiger partial charge in [-0.15, -0.1) is 0 Å². The first kappa shape index (κ1) is 20.9. The Morgan fingerprint density at radius 1 is 0.690 bits per heavy atom. The predicted octanol–water partition coefficient (Wildman–Crippen LogP) is 7.20. The van der Waals surface area contributed by atoms with E-state index < -0.39 is 33.6 Å². The second-order valence-corrected chi connectivity index (χ2v) is 6.82. The van der Waals surface area contributed by atoms with Gasteiger partial charge < -0.3 is 0 Å². The lowest BCUT2D eigenvalue weighted by Crippen LogP contribution is -2.11. The Kier molecular flexibility index (Phi) is 5.46. The molecule has 2 aromatic carbocycles. The minimum absolute atomic E-state index is 0.231. The molecule has 0 aliphatic heterocycles. The molecular formula is C21H10BrF6N. The molecule has 1 nitrogen and oxygen atoms in total. The zero-order valence-electron chi connectivity index (χ0n) is 14.4. The number of hydrogen-bond donors (Lipinski definition) is 0. The van der Waals surface area contributed by atoms with E-state index in [1.165, 1.54) is 42.5 Å². The van der Waals surface area contributed by atoms with Crippen molar-refractivity contribution >= 4 is 27.1 Å². The van der Waals surface area contributed by atoms with E-state index in [0.717, 1.165) is 0 Å². The van der Waals surface area contributed by atoms with Crippen LogP contribution in [-0.4, -0.2) is 12.4 Å². The third-order valence-electron chi connectivity index (χ3n) is 4.18. The average molecular weight is 470 g/mol. The zero-order valence-corrected chi connectivity index (χ0v) is 16.0. The van der Waals surface area contributed by atoms with Gasteiger partial charge in [-0.3, -0.25) is 0 Å². The Hall–Kier alpha value is -2.79. The van der Waals surface area contributed by atoms with Crippen LogP contribution in [0.5, 0.6) is 0 Å². The fraction of sp³-hybridized carbons (Fsp3) is 0.0952. The largest absolute Gasteiger partial charge is 0.423 e. The average Bonchev–Trinajstić information content (AvgIpc) is 3.35. The van der Waals surface area contributed by atoms with Gasteiger partial charge in [0, 0.05) is 16.7 Å². The highest BCUT2D eigenvalue weighted by Gasteiger charge is 2.51. The zero-order chi connectivity index (χ0) is 21.4. The van der Waals surface area contributed by atoms with Crippen LogP contribution in [-0.2, 0) is 0 Å². The number of nitrogens with zero attached hydrogens (tertiary/aromatic N) is 1. The van der Waals surface area contributed by atoms with E-state index in [0.29, 0.717) is 0 Å². The summed E-state index contributed by atoms with van der Waals surface area (Å²) in [6.45, 7) is 0. The molecule has 3 rings (SSSR count). The van der Waals surface area contributed by atoms with Crippen LogP contribution in [0.2, 0.25) is 0 Å². The van der Waals surface area contributed by atoms with Crippen LogP contribution in [0.3, 0.4) is 0 Å². The molecule has 1 saturated carbocycles. The van der Waals surface area contributed by atoms with Crippen molar-refractivity contribution in [1.29, 1.82) is 5.26 Å². The topological polar surface area (TPSA) is 23.8 Å². The summed E-state index contributed by atoms with van der Waals surface area (Å²) in [6.07, 6.45) is -9.84. The van der Waals surface area contributed by atoms with Gasteiger partial charge in [-0.05, 0) is 27.1 Å². The maximum absolute atomic E-state index is 13.9. The van der Waals surface area contributed by atoms with E-state index in [4.69, 9.17) is 0 Å². The van der Waals surface area contributed by atoms with E-state index in [1.807, 2.05) is 0 Å². The van der Waals surface area contributed by atoms with E-state index in [2.05, 4.69) is 15.9 Å². The molecule has 1 aliphatic carbocycles. The van der Waals surface area contributed by atoms with Crippen LogP contribution >= 0.6 is 15.9 Å². The molecular weight excluding hydrogens is 460 g/mol. The quantitative estimate of drug-likeness (QED) is 0.336. The van der Waals surface area contributed by atoms with E-state index in [1.54, 1.807) is 24.3 Å². The van der Waals surface area contributed by atoms with Crippen molar-refractivity contribution in [2.24, 2.45) is 0 Å². The standard InChI is InChI=1S/C21H10BrF6N/c22-19(21(26,27)28)17-15(14(11-29)12-7-3-1-4-8-12)16(17)18(20(23,24)25)13-9-5-2-6-10-13/h1-10H/b15-14+,18-16+,19-17?. The highest BCUT2D eigenvalue weighted by molar-refractivity contribution is 9.11. The van der Waals surface area contributed by atoms with Gasteiger partial charge in [-0.1, -0.05) is 60.7 Å². The van der Waals surface area contributed by atoms with Crippen LogP contribution in [0.4, 0.5) is 26.3 Å². The first-order valence-electron chi connectivity index (χ1n) is 8.12. The van der Waals surface area contributed by atoms with E-state index >= 15 is 0 Å². The molecule has 0 saturated heterocycles. The summed E-state index contributed by atoms with van der Waals surface area (Å²) in [6, 6.07) is 15.9. The minimum atomic E-state index is -4.93. The monoisotopic (exact) mass is 469 g/mol. The Bertz CT molecular complexity index is 1070. The lowest BCUT2D eigenvalue weighted by atomic mass is 10.0. The summed E-state index contributed by atoms with van der Waals surface area (Å²) in [5.41, 5.74) is -3.17. The molecule has 0 radical (unpaired) electrons. The van der Waals surface area contributed by atoms with Crippen molar-refractivity contribution in [2.45, 2.75) is 12.4 Å². The minimum Gasteiger partial charge on any atom is -0.192 e. The molecule has 0 spiro atoms. The van der Waals surface area contributed by atoms with E-state index in [-0.39, 0.29) is 22.3 Å². The molecule has 0 N–H and O–H groups in total. The Morgan fingerprint density at radius 3 is 1.59 bits per heavy atom. The van der Waals surface area contributed by atoms with Crippen LogP contribution in [0.1, 0.15) is 11.1 Å². The van der Waals surface area contributed by atoms with Gasteiger partial charge in [0.15, 0.2) is 0 Å². The number of hydrogen-bond acceptors (Lipinski definition) is 1. The first-order valence-corrected chi connectivity index (χ1v) is 8.91. The number of rotatable bonds is 2. The smallest absolute Gasteiger partial charge is 0.192 e. The Morgan fingerprint density at radius 2 is 1.17 bits per heavy atom. The van der Waals surface area contributed by atoms with Crippen molar-refractivity contribution in [3.05, 3.63) is 93.0 Å². The molecule has 0 atom stereocenters. The van der Waals surface area contributed by atoms with Gasteiger partial charge in [0.1, 0.15) is 10.6 Å². The van der Waals surface area contributed by atoms with Crippen LogP contribution in [0.25, 0.3) is 11.1 Å². The van der Waals surface area contributed by atoms with Crippen molar-refractivity contribution in [3.63, 3.8) is 0 Å². The van der Waals surface area contributed by atoms with Crippen LogP contribution in [0, 0.1) is 11.3 Å². The molecule has 0 bridgehead atoms. The lowest BCUT2D eigenvalue weighted by molar-refractivity contribution is -0.0832. The molecule has 0 aromatic heterocycles. The molecule has 1 fully saturated rings. The molecule has 2 aromatic rings. The highest BCUT2D eigenvalue weighted by atomic mass is 79.9. The van der Waals surface area contributed by atoms with E-state index in [9.17, 15) is 31.6 Å². The number of alkyl halides is 6. The summed E-state index contributed by atoms with van der Waals surface area (Å²) in [5.74, 6) is 0. The normalized spacial score (nSPS) is 19.4. The molecule has 1 aliphatic rings. The number of benzene rings is 2. The second-order valence-electron chi connectivity index (χ2n) is 6.03. The van der Waals surface area contributed by atoms with Crippen molar-refractivity contribution < 1.29 is 26.3 Å². The SMILES string of the molecule is N#C/C(=C1\C(=C(Br)C(F)(F)F)\C1=C(/c1ccccc1)C(F)(F)F)c1ccccc1. The highest BCUT2D eigenvalue weighted by Crippen LogP contribution is 2.60. The summed E-state index contributed by atoms with van der Waals surface area (Å²) >= 11 is 2.39.